The molecule has 2 rings (SSSR count). The topological polar surface area (TPSA) is 139 Å². The predicted octanol–water partition coefficient (Wildman–Crippen LogP) is 3.35. The lowest BCUT2D eigenvalue weighted by atomic mass is 9.68. The van der Waals surface area contributed by atoms with Crippen molar-refractivity contribution in [2.24, 2.45) is 10.3 Å². The first-order valence-electron chi connectivity index (χ1n) is 9.98. The summed E-state index contributed by atoms with van der Waals surface area (Å²) >= 11 is 0. The van der Waals surface area contributed by atoms with Crippen LogP contribution in [0, 0.1) is 13.8 Å². The van der Waals surface area contributed by atoms with Crippen molar-refractivity contribution < 1.29 is 25.2 Å². The molecule has 0 atom stereocenters. The molecule has 2 aromatic carbocycles. The van der Waals surface area contributed by atoms with Crippen molar-refractivity contribution in [3.8, 4) is 11.5 Å². The van der Waals surface area contributed by atoms with Gasteiger partial charge in [0.1, 0.15) is 11.5 Å². The first-order valence-corrected chi connectivity index (χ1v) is 12.9. The Morgan fingerprint density at radius 1 is 0.742 bits per heavy atom. The zero-order valence-electron chi connectivity index (χ0n) is 18.2. The summed E-state index contributed by atoms with van der Waals surface area (Å²) in [6.45, 7) is 7.73. The highest BCUT2D eigenvalue weighted by Gasteiger charge is 2.33. The highest BCUT2D eigenvalue weighted by Crippen LogP contribution is 2.43. The Morgan fingerprint density at radius 2 is 1.10 bits per heavy atom. The minimum atomic E-state index is -4.12. The van der Waals surface area contributed by atoms with Crippen LogP contribution < -0.4 is 18.6 Å². The molecule has 31 heavy (non-hydrogen) atoms. The fourth-order valence-electron chi connectivity index (χ4n) is 4.05. The average molecular weight is 471 g/mol. The van der Waals surface area contributed by atoms with Crippen LogP contribution >= 0.6 is 0 Å². The molecular weight excluding hydrogens is 440 g/mol. The van der Waals surface area contributed by atoms with Crippen molar-refractivity contribution in [1.29, 1.82) is 0 Å². The molecule has 4 N–H and O–H groups in total. The highest BCUT2D eigenvalue weighted by molar-refractivity contribution is 7.85. The van der Waals surface area contributed by atoms with Gasteiger partial charge in [-0.1, -0.05) is 51.0 Å². The molecule has 0 unspecified atom stereocenters. The van der Waals surface area contributed by atoms with E-state index in [0.717, 1.165) is 36.8 Å². The van der Waals surface area contributed by atoms with Gasteiger partial charge >= 0.3 is 20.6 Å². The van der Waals surface area contributed by atoms with Gasteiger partial charge in [0, 0.05) is 5.41 Å². The van der Waals surface area contributed by atoms with Crippen LogP contribution in [0.4, 0.5) is 0 Å². The minimum Gasteiger partial charge on any atom is -0.371 e. The second-order valence-electron chi connectivity index (χ2n) is 7.69. The first-order chi connectivity index (χ1) is 14.3. The summed E-state index contributed by atoms with van der Waals surface area (Å²) in [6.07, 6.45) is 3.49. The largest absolute Gasteiger partial charge is 0.380 e. The van der Waals surface area contributed by atoms with Crippen LogP contribution in [0.2, 0.25) is 0 Å². The Hall–Kier alpha value is -2.14. The molecule has 0 aliphatic carbocycles. The molecule has 0 aliphatic heterocycles. The zero-order valence-corrected chi connectivity index (χ0v) is 19.8. The summed E-state index contributed by atoms with van der Waals surface area (Å²) in [5.74, 6) is 0.363. The van der Waals surface area contributed by atoms with Gasteiger partial charge in [0.05, 0.1) is 0 Å². The summed E-state index contributed by atoms with van der Waals surface area (Å²) in [7, 11) is -8.24. The van der Waals surface area contributed by atoms with Gasteiger partial charge in [-0.05, 0) is 61.1 Å². The lowest BCUT2D eigenvalue weighted by Crippen LogP contribution is -2.28. The smallest absolute Gasteiger partial charge is 0.371 e. The van der Waals surface area contributed by atoms with E-state index in [1.807, 2.05) is 24.3 Å². The summed E-state index contributed by atoms with van der Waals surface area (Å²) < 4.78 is 55.0. The number of rotatable bonds is 10. The normalized spacial score (nSPS) is 12.6. The number of hydrogen-bond donors (Lipinski definition) is 2. The van der Waals surface area contributed by atoms with E-state index in [4.69, 9.17) is 18.6 Å². The maximum absolute atomic E-state index is 11.3. The van der Waals surface area contributed by atoms with E-state index in [9.17, 15) is 16.8 Å². The molecule has 8 nitrogen and oxygen atoms in total. The van der Waals surface area contributed by atoms with Crippen molar-refractivity contribution in [3.63, 3.8) is 0 Å². The zero-order chi connectivity index (χ0) is 23.4. The number of benzene rings is 2. The second-order valence-corrected chi connectivity index (χ2v) is 10.00. The molecule has 0 heterocycles. The molecule has 0 saturated heterocycles. The highest BCUT2D eigenvalue weighted by atomic mass is 32.2. The van der Waals surface area contributed by atoms with Gasteiger partial charge < -0.3 is 8.37 Å². The van der Waals surface area contributed by atoms with Gasteiger partial charge in [-0.2, -0.15) is 27.1 Å². The van der Waals surface area contributed by atoms with Crippen LogP contribution in [-0.2, 0) is 26.0 Å². The van der Waals surface area contributed by atoms with Crippen LogP contribution in [0.15, 0.2) is 36.4 Å². The lowest BCUT2D eigenvalue weighted by molar-refractivity contribution is 0.424. The average Bonchev–Trinajstić information content (AvgIpc) is 2.62. The van der Waals surface area contributed by atoms with Crippen molar-refractivity contribution in [2.75, 3.05) is 0 Å². The maximum atomic E-state index is 11.3. The molecule has 0 amide bonds. The molecule has 0 saturated carbocycles. The maximum Gasteiger partial charge on any atom is 0.380 e. The number of nitrogens with two attached hydrogens (primary N) is 2. The standard InChI is InChI=1S/C21H30N2O6S2/c1-5-11-21(12-6-2,17-7-9-19(15(3)13-17)28-30(22,24)25)18-8-10-20(16(4)14-18)29-31(23,26)27/h7-10,13-14H,5-6,11-12H2,1-4H3,(H2,22,24,25)(H2,23,26,27). The molecule has 0 aromatic heterocycles. The molecule has 0 spiro atoms. The number of hydrogen-bond acceptors (Lipinski definition) is 6. The molecular formula is C21H30N2O6S2. The molecule has 0 bridgehead atoms. The SMILES string of the molecule is CCCC(CCC)(c1ccc(OS(N)(=O)=O)c(C)c1)c1ccc(OS(N)(=O)=O)c(C)c1. The molecule has 0 radical (unpaired) electrons. The monoisotopic (exact) mass is 470 g/mol. The van der Waals surface area contributed by atoms with Gasteiger partial charge in [0.2, 0.25) is 0 Å². The molecule has 172 valence electrons. The fraction of sp³-hybridized carbons (Fsp3) is 0.429. The Kier molecular flexibility index (Phi) is 7.75. The Balaban J connectivity index is 2.62. The van der Waals surface area contributed by atoms with E-state index >= 15 is 0 Å². The lowest BCUT2D eigenvalue weighted by Gasteiger charge is -2.36. The van der Waals surface area contributed by atoms with Crippen LogP contribution in [0.3, 0.4) is 0 Å². The van der Waals surface area contributed by atoms with Gasteiger partial charge in [-0.25, -0.2) is 0 Å². The van der Waals surface area contributed by atoms with Gasteiger partial charge in [0.15, 0.2) is 0 Å². The Labute approximate surface area is 185 Å². The summed E-state index contributed by atoms with van der Waals surface area (Å²) in [5, 5.41) is 10.0. The van der Waals surface area contributed by atoms with Gasteiger partial charge in [-0.15, -0.1) is 0 Å². The van der Waals surface area contributed by atoms with Crippen molar-refractivity contribution >= 4 is 20.6 Å². The fourth-order valence-corrected chi connectivity index (χ4v) is 4.93. The van der Waals surface area contributed by atoms with Crippen LogP contribution in [0.5, 0.6) is 11.5 Å². The van der Waals surface area contributed by atoms with Crippen molar-refractivity contribution in [1.82, 2.24) is 0 Å². The Bertz CT molecular complexity index is 1050. The van der Waals surface area contributed by atoms with Crippen molar-refractivity contribution in [2.45, 2.75) is 58.8 Å². The molecule has 2 aromatic rings. The van der Waals surface area contributed by atoms with Crippen molar-refractivity contribution in [3.05, 3.63) is 58.7 Å². The summed E-state index contributed by atoms with van der Waals surface area (Å²) in [6, 6.07) is 10.7. The van der Waals surface area contributed by atoms with E-state index in [-0.39, 0.29) is 16.9 Å². The molecule has 10 heteroatoms. The first kappa shape index (κ1) is 25.1. The summed E-state index contributed by atoms with van der Waals surface area (Å²) in [5.41, 5.74) is 2.95. The van der Waals surface area contributed by atoms with E-state index in [2.05, 4.69) is 13.8 Å². The van der Waals surface area contributed by atoms with E-state index < -0.39 is 20.6 Å². The third-order valence-corrected chi connectivity index (χ3v) is 6.04. The second kappa shape index (κ2) is 9.56. The van der Waals surface area contributed by atoms with Crippen LogP contribution in [0.1, 0.15) is 61.8 Å². The summed E-state index contributed by atoms with van der Waals surface area (Å²) in [4.78, 5) is 0. The van der Waals surface area contributed by atoms with Gasteiger partial charge in [0.25, 0.3) is 0 Å². The van der Waals surface area contributed by atoms with Gasteiger partial charge in [-0.3, -0.25) is 0 Å². The van der Waals surface area contributed by atoms with E-state index in [0.29, 0.717) is 11.1 Å². The Morgan fingerprint density at radius 3 is 1.35 bits per heavy atom. The molecule has 0 aliphatic rings. The number of aryl methyl sites for hydroxylation is 2. The van der Waals surface area contributed by atoms with E-state index in [1.165, 1.54) is 0 Å². The molecule has 0 fully saturated rings. The van der Waals surface area contributed by atoms with E-state index in [1.54, 1.807) is 26.0 Å². The predicted molar refractivity (Wildman–Crippen MR) is 120 cm³/mol. The van der Waals surface area contributed by atoms with Crippen LogP contribution in [0.25, 0.3) is 0 Å². The third kappa shape index (κ3) is 6.42. The van der Waals surface area contributed by atoms with Crippen LogP contribution in [-0.4, -0.2) is 16.8 Å². The quantitative estimate of drug-likeness (QED) is 0.546. The minimum absolute atomic E-state index is 0.182. The third-order valence-electron chi connectivity index (χ3n) is 5.22.